The fourth-order valence-electron chi connectivity index (χ4n) is 3.71. The Kier molecular flexibility index (Phi) is 5.51. The normalized spacial score (nSPS) is 12.0. The largest absolute Gasteiger partial charge is 0.348 e. The van der Waals surface area contributed by atoms with Crippen molar-refractivity contribution in [3.05, 3.63) is 88.7 Å². The molecule has 0 aliphatic rings. The number of rotatable bonds is 7. The molecule has 5 aromatic rings. The van der Waals surface area contributed by atoms with E-state index in [1.54, 1.807) is 17.2 Å². The van der Waals surface area contributed by atoms with Gasteiger partial charge in [0.1, 0.15) is 0 Å². The highest BCUT2D eigenvalue weighted by atomic mass is 32.1. The first-order valence-corrected chi connectivity index (χ1v) is 11.3. The Bertz CT molecular complexity index is 1390. The maximum atomic E-state index is 13.6. The molecule has 0 unspecified atom stereocenters. The molecular weight excluding hydrogens is 420 g/mol. The van der Waals surface area contributed by atoms with E-state index in [2.05, 4.69) is 20.1 Å². The molecule has 0 aliphatic carbocycles. The van der Waals surface area contributed by atoms with Crippen LogP contribution in [0.5, 0.6) is 0 Å². The van der Waals surface area contributed by atoms with Crippen molar-refractivity contribution in [1.29, 1.82) is 0 Å². The van der Waals surface area contributed by atoms with Gasteiger partial charge in [0.05, 0.1) is 27.8 Å². The minimum absolute atomic E-state index is 0.134. The van der Waals surface area contributed by atoms with Crippen LogP contribution in [0.15, 0.2) is 76.9 Å². The molecule has 2 aromatic carbocycles. The molecule has 32 heavy (non-hydrogen) atoms. The first-order chi connectivity index (χ1) is 15.7. The third-order valence-electron chi connectivity index (χ3n) is 5.29. The highest BCUT2D eigenvalue weighted by Crippen LogP contribution is 2.26. The molecule has 0 atom stereocenters. The summed E-state index contributed by atoms with van der Waals surface area (Å²) in [5.74, 6) is 0. The van der Waals surface area contributed by atoms with E-state index in [9.17, 15) is 4.79 Å². The molecule has 8 heteroatoms. The topological polar surface area (TPSA) is 91.7 Å². The van der Waals surface area contributed by atoms with Gasteiger partial charge in [-0.3, -0.25) is 14.9 Å². The van der Waals surface area contributed by atoms with Gasteiger partial charge < -0.3 is 4.98 Å². The second-order valence-electron chi connectivity index (χ2n) is 7.34. The summed E-state index contributed by atoms with van der Waals surface area (Å²) < 4.78 is 2.58. The van der Waals surface area contributed by atoms with E-state index in [-0.39, 0.29) is 5.56 Å². The number of nitrogens with zero attached hydrogens (tertiary/aromatic N) is 4. The van der Waals surface area contributed by atoms with Crippen molar-refractivity contribution in [3.63, 3.8) is 0 Å². The van der Waals surface area contributed by atoms with Gasteiger partial charge in [0.15, 0.2) is 0 Å². The average Bonchev–Trinajstić information content (AvgIpc) is 3.56. The summed E-state index contributed by atoms with van der Waals surface area (Å²) in [6.07, 6.45) is 4.85. The van der Waals surface area contributed by atoms with Gasteiger partial charge in [-0.25, -0.2) is 9.97 Å². The van der Waals surface area contributed by atoms with Crippen LogP contribution in [0, 0.1) is 0 Å². The van der Waals surface area contributed by atoms with Gasteiger partial charge in [0.25, 0.3) is 5.56 Å². The number of H-pyrrole nitrogens is 2. The Morgan fingerprint density at radius 3 is 2.69 bits per heavy atom. The Morgan fingerprint density at radius 2 is 1.94 bits per heavy atom. The van der Waals surface area contributed by atoms with Crippen LogP contribution in [0.1, 0.15) is 24.6 Å². The molecule has 0 spiro atoms. The lowest BCUT2D eigenvalue weighted by molar-refractivity contribution is 0.845. The Balaban J connectivity index is 1.62. The predicted octanol–water partition coefficient (Wildman–Crippen LogP) is 4.61. The zero-order valence-electron chi connectivity index (χ0n) is 17.6. The molecule has 3 heterocycles. The molecule has 0 aliphatic heterocycles. The summed E-state index contributed by atoms with van der Waals surface area (Å²) in [5, 5.41) is 3.94. The molecule has 160 valence electrons. The molecule has 0 bridgehead atoms. The Hall–Kier alpha value is -3.78. The van der Waals surface area contributed by atoms with E-state index >= 15 is 0 Å². The standard InChI is InChI=1S/C24H22N6OS/c1-2-18(26-13-12-17-14-25-15-27-17)21-22(16-8-4-3-5-9-16)29-30(23(21)31)24-28-19-10-6-7-11-20(19)32-24/h3-11,14-15,29H,2,12-13H2,1H3,(H,25,27). The monoisotopic (exact) mass is 442 g/mol. The Morgan fingerprint density at radius 1 is 1.12 bits per heavy atom. The van der Waals surface area contributed by atoms with Gasteiger partial charge in [-0.2, -0.15) is 4.68 Å². The van der Waals surface area contributed by atoms with Crippen LogP contribution in [-0.2, 0) is 6.42 Å². The van der Waals surface area contributed by atoms with Crippen LogP contribution in [-0.4, -0.2) is 37.0 Å². The maximum Gasteiger partial charge on any atom is 0.283 e. The summed E-state index contributed by atoms with van der Waals surface area (Å²) in [6.45, 7) is 2.60. The number of hydrogen-bond acceptors (Lipinski definition) is 5. The molecule has 2 N–H and O–H groups in total. The molecule has 7 nitrogen and oxygen atoms in total. The number of imidazole rings is 1. The predicted molar refractivity (Wildman–Crippen MR) is 129 cm³/mol. The van der Waals surface area contributed by atoms with Crippen molar-refractivity contribution in [2.24, 2.45) is 4.99 Å². The van der Waals surface area contributed by atoms with Crippen LogP contribution < -0.4 is 5.56 Å². The molecule has 5 rings (SSSR count). The summed E-state index contributed by atoms with van der Waals surface area (Å²) in [7, 11) is 0. The van der Waals surface area contributed by atoms with Crippen LogP contribution in [0.4, 0.5) is 0 Å². The molecule has 0 fully saturated rings. The zero-order chi connectivity index (χ0) is 21.9. The fourth-order valence-corrected chi connectivity index (χ4v) is 4.63. The number of aliphatic imine (C=N–C) groups is 1. The van der Waals surface area contributed by atoms with Gasteiger partial charge >= 0.3 is 0 Å². The van der Waals surface area contributed by atoms with Gasteiger partial charge in [-0.1, -0.05) is 60.7 Å². The summed E-state index contributed by atoms with van der Waals surface area (Å²) >= 11 is 1.49. The molecular formula is C24H22N6OS. The van der Waals surface area contributed by atoms with E-state index in [0.717, 1.165) is 39.3 Å². The van der Waals surface area contributed by atoms with Crippen LogP contribution in [0.3, 0.4) is 0 Å². The third kappa shape index (κ3) is 3.80. The lowest BCUT2D eigenvalue weighted by atomic mass is 10.0. The number of aromatic amines is 2. The number of fused-ring (bicyclic) bond motifs is 1. The number of benzene rings is 2. The molecule has 0 amide bonds. The lowest BCUT2D eigenvalue weighted by Crippen LogP contribution is -2.20. The summed E-state index contributed by atoms with van der Waals surface area (Å²) in [4.78, 5) is 30.3. The highest BCUT2D eigenvalue weighted by molar-refractivity contribution is 7.20. The van der Waals surface area contributed by atoms with E-state index in [1.165, 1.54) is 11.3 Å². The minimum atomic E-state index is -0.134. The van der Waals surface area contributed by atoms with Crippen molar-refractivity contribution < 1.29 is 0 Å². The van der Waals surface area contributed by atoms with Crippen molar-refractivity contribution in [2.75, 3.05) is 6.54 Å². The van der Waals surface area contributed by atoms with E-state index in [0.29, 0.717) is 23.7 Å². The molecule has 3 aromatic heterocycles. The fraction of sp³-hybridized carbons (Fsp3) is 0.167. The number of aromatic nitrogens is 5. The van der Waals surface area contributed by atoms with E-state index < -0.39 is 0 Å². The number of para-hydroxylation sites is 1. The van der Waals surface area contributed by atoms with E-state index in [1.807, 2.05) is 61.5 Å². The summed E-state index contributed by atoms with van der Waals surface area (Å²) in [6, 6.07) is 17.8. The van der Waals surface area contributed by atoms with Gasteiger partial charge in [-0.15, -0.1) is 0 Å². The van der Waals surface area contributed by atoms with Crippen LogP contribution in [0.2, 0.25) is 0 Å². The van der Waals surface area contributed by atoms with Crippen molar-refractivity contribution in [1.82, 2.24) is 24.7 Å². The Labute approximate surface area is 188 Å². The van der Waals surface area contributed by atoms with Crippen molar-refractivity contribution in [2.45, 2.75) is 19.8 Å². The van der Waals surface area contributed by atoms with Crippen LogP contribution in [0.25, 0.3) is 26.6 Å². The SMILES string of the molecule is CCC(=NCCc1cnc[nH]1)c1c(-c2ccccc2)[nH]n(-c2nc3ccccc3s2)c1=O. The van der Waals surface area contributed by atoms with Crippen molar-refractivity contribution in [3.8, 4) is 16.4 Å². The lowest BCUT2D eigenvalue weighted by Gasteiger charge is -2.05. The average molecular weight is 443 g/mol. The molecule has 0 radical (unpaired) electrons. The minimum Gasteiger partial charge on any atom is -0.348 e. The third-order valence-corrected chi connectivity index (χ3v) is 6.31. The highest BCUT2D eigenvalue weighted by Gasteiger charge is 2.22. The van der Waals surface area contributed by atoms with Crippen LogP contribution >= 0.6 is 11.3 Å². The summed E-state index contributed by atoms with van der Waals surface area (Å²) in [5.41, 5.74) is 4.84. The van der Waals surface area contributed by atoms with Crippen molar-refractivity contribution >= 4 is 27.3 Å². The first-order valence-electron chi connectivity index (χ1n) is 10.5. The first kappa shape index (κ1) is 20.1. The zero-order valence-corrected chi connectivity index (χ0v) is 18.4. The van der Waals surface area contributed by atoms with E-state index in [4.69, 9.17) is 4.99 Å². The molecule has 0 saturated heterocycles. The maximum absolute atomic E-state index is 13.6. The molecule has 0 saturated carbocycles. The quantitative estimate of drug-likeness (QED) is 0.361. The number of hydrogen-bond donors (Lipinski definition) is 2. The van der Waals surface area contributed by atoms with Gasteiger partial charge in [-0.05, 0) is 18.6 Å². The smallest absolute Gasteiger partial charge is 0.283 e. The second kappa shape index (κ2) is 8.76. The van der Waals surface area contributed by atoms with Gasteiger partial charge in [0, 0.05) is 36.1 Å². The number of nitrogens with one attached hydrogen (secondary N) is 2. The number of thiazole rings is 1. The van der Waals surface area contributed by atoms with Gasteiger partial charge in [0.2, 0.25) is 5.13 Å². The second-order valence-corrected chi connectivity index (χ2v) is 8.35.